The number of amides is 2. The first-order chi connectivity index (χ1) is 13.6. The molecule has 0 bridgehead atoms. The van der Waals surface area contributed by atoms with Gasteiger partial charge in [0.25, 0.3) is 0 Å². The van der Waals surface area contributed by atoms with Crippen LogP contribution >= 0.6 is 0 Å². The number of methoxy groups -OCH3 is 2. The number of rotatable bonds is 10. The second-order valence-corrected chi connectivity index (χ2v) is 7.16. The molecule has 1 fully saturated rings. The van der Waals surface area contributed by atoms with Crippen molar-refractivity contribution in [1.82, 2.24) is 10.2 Å². The molecule has 0 unspecified atom stereocenters. The number of carbonyl (C=O) groups excluding carboxylic acids is 2. The fourth-order valence-corrected chi connectivity index (χ4v) is 3.38. The van der Waals surface area contributed by atoms with E-state index in [1.54, 1.807) is 32.4 Å². The topological polar surface area (TPSA) is 79.9 Å². The number of nitrogens with zero attached hydrogens (tertiary/aromatic N) is 1. The Hall–Kier alpha value is -2.28. The average molecular weight is 392 g/mol. The van der Waals surface area contributed by atoms with Gasteiger partial charge in [0.05, 0.1) is 26.5 Å². The van der Waals surface area contributed by atoms with E-state index in [2.05, 4.69) is 22.5 Å². The highest BCUT2D eigenvalue weighted by molar-refractivity contribution is 5.93. The Kier molecular flexibility index (Phi) is 9.07. The largest absolute Gasteiger partial charge is 0.497 e. The van der Waals surface area contributed by atoms with Gasteiger partial charge in [-0.2, -0.15) is 0 Å². The van der Waals surface area contributed by atoms with E-state index in [1.165, 1.54) is 0 Å². The van der Waals surface area contributed by atoms with Crippen molar-refractivity contribution in [3.05, 3.63) is 18.2 Å². The molecule has 2 amide bonds. The minimum Gasteiger partial charge on any atom is -0.497 e. The standard InChI is InChI=1S/C21H33N3O4/c1-4-5-6-11-22-21(26)16-9-12-24(13-10-16)15-20(25)23-18-8-7-17(27-2)14-19(18)28-3/h7-8,14,16H,4-6,9-13,15H2,1-3H3,(H,22,26)(H,23,25). The lowest BCUT2D eigenvalue weighted by Crippen LogP contribution is -2.43. The Bertz CT molecular complexity index is 643. The van der Waals surface area contributed by atoms with E-state index in [0.29, 0.717) is 23.7 Å². The molecule has 0 saturated carbocycles. The summed E-state index contributed by atoms with van der Waals surface area (Å²) in [5.74, 6) is 1.35. The first-order valence-corrected chi connectivity index (χ1v) is 10.1. The van der Waals surface area contributed by atoms with Crippen molar-refractivity contribution in [2.45, 2.75) is 39.0 Å². The number of benzene rings is 1. The maximum Gasteiger partial charge on any atom is 0.238 e. The van der Waals surface area contributed by atoms with Gasteiger partial charge in [-0.25, -0.2) is 0 Å². The summed E-state index contributed by atoms with van der Waals surface area (Å²) in [6, 6.07) is 5.29. The molecule has 1 saturated heterocycles. The summed E-state index contributed by atoms with van der Waals surface area (Å²) in [4.78, 5) is 26.7. The number of hydrogen-bond donors (Lipinski definition) is 2. The highest BCUT2D eigenvalue weighted by Crippen LogP contribution is 2.29. The Labute approximate surface area is 167 Å². The van der Waals surface area contributed by atoms with Crippen molar-refractivity contribution < 1.29 is 19.1 Å². The van der Waals surface area contributed by atoms with Crippen LogP contribution in [0.15, 0.2) is 18.2 Å². The molecular weight excluding hydrogens is 358 g/mol. The lowest BCUT2D eigenvalue weighted by atomic mass is 9.96. The molecule has 0 radical (unpaired) electrons. The minimum atomic E-state index is -0.0917. The Balaban J connectivity index is 1.75. The molecule has 1 aliphatic rings. The zero-order valence-corrected chi connectivity index (χ0v) is 17.3. The van der Waals surface area contributed by atoms with E-state index in [4.69, 9.17) is 9.47 Å². The van der Waals surface area contributed by atoms with Gasteiger partial charge in [0.15, 0.2) is 0 Å². The third-order valence-electron chi connectivity index (χ3n) is 5.09. The molecule has 0 aromatic heterocycles. The van der Waals surface area contributed by atoms with E-state index in [0.717, 1.165) is 51.7 Å². The number of anilines is 1. The molecule has 1 aliphatic heterocycles. The van der Waals surface area contributed by atoms with Gasteiger partial charge in [0.1, 0.15) is 11.5 Å². The summed E-state index contributed by atoms with van der Waals surface area (Å²) in [6.07, 6.45) is 4.92. The number of hydrogen-bond acceptors (Lipinski definition) is 5. The highest BCUT2D eigenvalue weighted by Gasteiger charge is 2.25. The van der Waals surface area contributed by atoms with E-state index < -0.39 is 0 Å². The van der Waals surface area contributed by atoms with Crippen LogP contribution in [0.3, 0.4) is 0 Å². The van der Waals surface area contributed by atoms with Crippen molar-refractivity contribution >= 4 is 17.5 Å². The molecule has 7 nitrogen and oxygen atoms in total. The zero-order valence-electron chi connectivity index (χ0n) is 17.3. The van der Waals surface area contributed by atoms with E-state index in [9.17, 15) is 9.59 Å². The van der Waals surface area contributed by atoms with Crippen LogP contribution in [-0.4, -0.2) is 57.1 Å². The van der Waals surface area contributed by atoms with Gasteiger partial charge in [-0.1, -0.05) is 19.8 Å². The highest BCUT2D eigenvalue weighted by atomic mass is 16.5. The van der Waals surface area contributed by atoms with Gasteiger partial charge in [-0.3, -0.25) is 14.5 Å². The zero-order chi connectivity index (χ0) is 20.4. The summed E-state index contributed by atoms with van der Waals surface area (Å²) in [5.41, 5.74) is 0.620. The van der Waals surface area contributed by atoms with Crippen LogP contribution in [0.2, 0.25) is 0 Å². The first-order valence-electron chi connectivity index (χ1n) is 10.1. The van der Waals surface area contributed by atoms with Crippen LogP contribution in [0.1, 0.15) is 39.0 Å². The number of likely N-dealkylation sites (tertiary alicyclic amines) is 1. The Morgan fingerprint density at radius 3 is 2.54 bits per heavy atom. The lowest BCUT2D eigenvalue weighted by Gasteiger charge is -2.30. The fraction of sp³-hybridized carbons (Fsp3) is 0.619. The summed E-state index contributed by atoms with van der Waals surface area (Å²) < 4.78 is 10.5. The van der Waals surface area contributed by atoms with Gasteiger partial charge in [0.2, 0.25) is 11.8 Å². The van der Waals surface area contributed by atoms with Crippen LogP contribution < -0.4 is 20.1 Å². The summed E-state index contributed by atoms with van der Waals surface area (Å²) >= 11 is 0. The van der Waals surface area contributed by atoms with E-state index in [-0.39, 0.29) is 17.7 Å². The fourth-order valence-electron chi connectivity index (χ4n) is 3.38. The molecule has 1 heterocycles. The monoisotopic (exact) mass is 391 g/mol. The summed E-state index contributed by atoms with van der Waals surface area (Å²) in [7, 11) is 3.14. The van der Waals surface area contributed by atoms with Crippen LogP contribution in [0, 0.1) is 5.92 Å². The molecule has 0 spiro atoms. The van der Waals surface area contributed by atoms with Crippen molar-refractivity contribution in [1.29, 1.82) is 0 Å². The molecule has 1 aromatic carbocycles. The van der Waals surface area contributed by atoms with Crippen molar-refractivity contribution in [2.75, 3.05) is 45.7 Å². The third kappa shape index (κ3) is 6.71. The van der Waals surface area contributed by atoms with Crippen LogP contribution in [0.5, 0.6) is 11.5 Å². The molecule has 2 N–H and O–H groups in total. The predicted octanol–water partition coefficient (Wildman–Crippen LogP) is 2.66. The number of carbonyl (C=O) groups is 2. The summed E-state index contributed by atoms with van der Waals surface area (Å²) in [6.45, 7) is 4.72. The third-order valence-corrected chi connectivity index (χ3v) is 5.09. The maximum absolute atomic E-state index is 12.4. The van der Waals surface area contributed by atoms with Crippen LogP contribution in [-0.2, 0) is 9.59 Å². The number of ether oxygens (including phenoxy) is 2. The van der Waals surface area contributed by atoms with Gasteiger partial charge in [0, 0.05) is 18.5 Å². The molecule has 0 atom stereocenters. The average Bonchev–Trinajstić information content (AvgIpc) is 2.71. The maximum atomic E-state index is 12.4. The van der Waals surface area contributed by atoms with E-state index in [1.807, 2.05) is 0 Å². The predicted molar refractivity (Wildman–Crippen MR) is 110 cm³/mol. The molecule has 156 valence electrons. The molecule has 0 aliphatic carbocycles. The van der Waals surface area contributed by atoms with Crippen LogP contribution in [0.4, 0.5) is 5.69 Å². The quantitative estimate of drug-likeness (QED) is 0.600. The van der Waals surface area contributed by atoms with Gasteiger partial charge < -0.3 is 20.1 Å². The SMILES string of the molecule is CCCCCNC(=O)C1CCN(CC(=O)Nc2ccc(OC)cc2OC)CC1. The molecule has 28 heavy (non-hydrogen) atoms. The van der Waals surface area contributed by atoms with Crippen molar-refractivity contribution in [3.63, 3.8) is 0 Å². The minimum absolute atomic E-state index is 0.0580. The number of piperidine rings is 1. The smallest absolute Gasteiger partial charge is 0.238 e. The van der Waals surface area contributed by atoms with E-state index >= 15 is 0 Å². The second-order valence-electron chi connectivity index (χ2n) is 7.16. The van der Waals surface area contributed by atoms with Gasteiger partial charge in [-0.05, 0) is 44.5 Å². The molecular formula is C21H33N3O4. The molecule has 7 heteroatoms. The number of unbranched alkanes of at least 4 members (excludes halogenated alkanes) is 2. The normalized spacial score (nSPS) is 15.1. The van der Waals surface area contributed by atoms with Gasteiger partial charge in [-0.15, -0.1) is 0 Å². The van der Waals surface area contributed by atoms with Crippen molar-refractivity contribution in [2.24, 2.45) is 5.92 Å². The molecule has 2 rings (SSSR count). The summed E-state index contributed by atoms with van der Waals surface area (Å²) in [5, 5.41) is 5.93. The Morgan fingerprint density at radius 1 is 1.14 bits per heavy atom. The van der Waals surface area contributed by atoms with Gasteiger partial charge >= 0.3 is 0 Å². The van der Waals surface area contributed by atoms with Crippen molar-refractivity contribution in [3.8, 4) is 11.5 Å². The second kappa shape index (κ2) is 11.5. The Morgan fingerprint density at radius 2 is 1.89 bits per heavy atom. The lowest BCUT2D eigenvalue weighted by molar-refractivity contribution is -0.126. The first kappa shape index (κ1) is 22.0. The molecule has 1 aromatic rings. The number of nitrogens with one attached hydrogen (secondary N) is 2. The van der Waals surface area contributed by atoms with Crippen LogP contribution in [0.25, 0.3) is 0 Å².